The Hall–Kier alpha value is -2.23. The fourth-order valence-electron chi connectivity index (χ4n) is 4.71. The van der Waals surface area contributed by atoms with Gasteiger partial charge in [-0.25, -0.2) is 0 Å². The summed E-state index contributed by atoms with van der Waals surface area (Å²) in [5.41, 5.74) is 5.12. The van der Waals surface area contributed by atoms with Gasteiger partial charge in [-0.3, -0.25) is 0 Å². The highest BCUT2D eigenvalue weighted by molar-refractivity contribution is 5.90. The van der Waals surface area contributed by atoms with E-state index in [2.05, 4.69) is 54.3 Å². The van der Waals surface area contributed by atoms with Gasteiger partial charge in [0.15, 0.2) is 0 Å². The molecule has 3 nitrogen and oxygen atoms in total. The number of fused-ring (bicyclic) bond motifs is 3. The number of aliphatic hydroxyl groups is 1. The molecule has 0 spiro atoms. The number of hydrogen-bond donors (Lipinski definition) is 1. The van der Waals surface area contributed by atoms with Gasteiger partial charge in [0.05, 0.1) is 13.2 Å². The van der Waals surface area contributed by atoms with Crippen molar-refractivity contribution in [1.82, 2.24) is 0 Å². The topological polar surface area (TPSA) is 32.7 Å². The Morgan fingerprint density at radius 3 is 2.42 bits per heavy atom. The molecule has 4 rings (SSSR count). The summed E-state index contributed by atoms with van der Waals surface area (Å²) in [7, 11) is 1.69. The second-order valence-corrected chi connectivity index (χ2v) is 8.37. The molecule has 166 valence electrons. The van der Waals surface area contributed by atoms with Gasteiger partial charge >= 0.3 is 0 Å². The number of methoxy groups -OCH3 is 1. The molecule has 3 aromatic carbocycles. The number of hydrogen-bond acceptors (Lipinski definition) is 3. The number of aliphatic hydroxyl groups excluding tert-OH is 1. The lowest BCUT2D eigenvalue weighted by Gasteiger charge is -2.29. The molecule has 0 heterocycles. The number of benzene rings is 3. The molecule has 1 N–H and O–H groups in total. The predicted molar refractivity (Wildman–Crippen MR) is 133 cm³/mol. The largest absolute Gasteiger partial charge is 0.497 e. The molecule has 4 heteroatoms. The highest BCUT2D eigenvalue weighted by Gasteiger charge is 2.21. The van der Waals surface area contributed by atoms with Crippen LogP contribution in [0.3, 0.4) is 0 Å². The molecule has 0 bridgehead atoms. The maximum absolute atomic E-state index is 11.4. The average molecular weight is 440 g/mol. The van der Waals surface area contributed by atoms with Crippen LogP contribution in [0.1, 0.15) is 55.4 Å². The Balaban J connectivity index is 0.00000272. The Bertz CT molecular complexity index is 986. The monoisotopic (exact) mass is 439 g/mol. The number of anilines is 1. The second-order valence-electron chi connectivity index (χ2n) is 8.37. The van der Waals surface area contributed by atoms with Gasteiger partial charge in [0.1, 0.15) is 5.75 Å². The van der Waals surface area contributed by atoms with Crippen molar-refractivity contribution < 1.29 is 9.84 Å². The first-order valence-corrected chi connectivity index (χ1v) is 11.3. The zero-order valence-corrected chi connectivity index (χ0v) is 19.5. The van der Waals surface area contributed by atoms with Crippen LogP contribution >= 0.6 is 12.4 Å². The van der Waals surface area contributed by atoms with Crippen LogP contribution < -0.4 is 9.64 Å². The quantitative estimate of drug-likeness (QED) is 0.435. The molecular weight excluding hydrogens is 406 g/mol. The minimum atomic E-state index is -0.527. The van der Waals surface area contributed by atoms with Crippen molar-refractivity contribution in [3.63, 3.8) is 0 Å². The maximum atomic E-state index is 11.4. The van der Waals surface area contributed by atoms with E-state index in [1.807, 2.05) is 12.1 Å². The van der Waals surface area contributed by atoms with Crippen LogP contribution in [0.4, 0.5) is 5.69 Å². The maximum Gasteiger partial charge on any atom is 0.119 e. The standard InChI is InChI=1S/C27H33NO2.ClH/c1-3-4-17-28(21-13-15-22(30-2)16-14-21)19-27(29)26-18-20-9-5-6-10-23(20)24-11-7-8-12-25(24)26;/h7-8,11-16,18,27,29H,3-6,9-10,17,19H2,1-2H3;1H. The Morgan fingerprint density at radius 2 is 1.71 bits per heavy atom. The molecule has 3 aromatic rings. The van der Waals surface area contributed by atoms with Crippen molar-refractivity contribution in [2.45, 2.75) is 51.6 Å². The van der Waals surface area contributed by atoms with Crippen molar-refractivity contribution in [3.05, 3.63) is 71.3 Å². The lowest BCUT2D eigenvalue weighted by Crippen LogP contribution is -2.30. The van der Waals surface area contributed by atoms with Crippen LogP contribution in [0.25, 0.3) is 10.8 Å². The summed E-state index contributed by atoms with van der Waals surface area (Å²) in [6.45, 7) is 3.73. The summed E-state index contributed by atoms with van der Waals surface area (Å²) in [4.78, 5) is 2.31. The lowest BCUT2D eigenvalue weighted by molar-refractivity contribution is 0.184. The molecule has 1 aliphatic carbocycles. The van der Waals surface area contributed by atoms with E-state index in [0.29, 0.717) is 6.54 Å². The van der Waals surface area contributed by atoms with E-state index in [0.717, 1.165) is 49.2 Å². The fraction of sp³-hybridized carbons (Fsp3) is 0.407. The van der Waals surface area contributed by atoms with E-state index in [1.54, 1.807) is 7.11 Å². The Morgan fingerprint density at radius 1 is 1.00 bits per heavy atom. The molecule has 0 radical (unpaired) electrons. The molecule has 0 amide bonds. The minimum absolute atomic E-state index is 0. The number of ether oxygens (including phenoxy) is 1. The van der Waals surface area contributed by atoms with E-state index < -0.39 is 6.10 Å². The van der Waals surface area contributed by atoms with Gasteiger partial charge in [0, 0.05) is 18.8 Å². The molecule has 0 aliphatic heterocycles. The lowest BCUT2D eigenvalue weighted by atomic mass is 9.84. The van der Waals surface area contributed by atoms with Crippen LogP contribution in [0.15, 0.2) is 54.6 Å². The minimum Gasteiger partial charge on any atom is -0.497 e. The Kier molecular flexibility index (Phi) is 8.22. The van der Waals surface area contributed by atoms with Gasteiger partial charge in [-0.15, -0.1) is 12.4 Å². The normalized spacial score (nSPS) is 13.9. The van der Waals surface area contributed by atoms with Crippen molar-refractivity contribution in [1.29, 1.82) is 0 Å². The van der Waals surface area contributed by atoms with Crippen LogP contribution in [-0.4, -0.2) is 25.3 Å². The van der Waals surface area contributed by atoms with Gasteiger partial charge in [-0.05, 0) is 83.8 Å². The highest BCUT2D eigenvalue weighted by atomic mass is 35.5. The van der Waals surface area contributed by atoms with Gasteiger partial charge < -0.3 is 14.7 Å². The number of nitrogens with zero attached hydrogens (tertiary/aromatic N) is 1. The number of aryl methyl sites for hydroxylation is 2. The third-order valence-corrected chi connectivity index (χ3v) is 6.37. The zero-order chi connectivity index (χ0) is 20.9. The van der Waals surface area contributed by atoms with Crippen LogP contribution in [-0.2, 0) is 12.8 Å². The molecule has 0 saturated carbocycles. The van der Waals surface area contributed by atoms with Crippen molar-refractivity contribution in [2.24, 2.45) is 0 Å². The van der Waals surface area contributed by atoms with E-state index in [1.165, 1.54) is 34.7 Å². The van der Waals surface area contributed by atoms with E-state index >= 15 is 0 Å². The summed E-state index contributed by atoms with van der Waals surface area (Å²) in [6, 6.07) is 19.1. The number of rotatable bonds is 8. The molecule has 31 heavy (non-hydrogen) atoms. The summed E-state index contributed by atoms with van der Waals surface area (Å²) in [5, 5.41) is 13.9. The van der Waals surface area contributed by atoms with Crippen LogP contribution in [0.2, 0.25) is 0 Å². The summed E-state index contributed by atoms with van der Waals surface area (Å²) >= 11 is 0. The molecule has 0 saturated heterocycles. The number of unbranched alkanes of at least 4 members (excludes halogenated alkanes) is 1. The molecular formula is C27H34ClNO2. The predicted octanol–water partition coefficient (Wildman–Crippen LogP) is 6.49. The molecule has 1 aliphatic rings. The van der Waals surface area contributed by atoms with Gasteiger partial charge in [0.25, 0.3) is 0 Å². The van der Waals surface area contributed by atoms with Crippen molar-refractivity contribution >= 4 is 28.9 Å². The van der Waals surface area contributed by atoms with Crippen LogP contribution in [0.5, 0.6) is 5.75 Å². The van der Waals surface area contributed by atoms with Gasteiger partial charge in [0.2, 0.25) is 0 Å². The third kappa shape index (κ3) is 5.16. The average Bonchev–Trinajstić information content (AvgIpc) is 2.81. The first kappa shape index (κ1) is 23.4. The fourth-order valence-corrected chi connectivity index (χ4v) is 4.71. The third-order valence-electron chi connectivity index (χ3n) is 6.37. The smallest absolute Gasteiger partial charge is 0.119 e. The molecule has 1 atom stereocenters. The van der Waals surface area contributed by atoms with E-state index in [9.17, 15) is 5.11 Å². The van der Waals surface area contributed by atoms with Gasteiger partial charge in [-0.1, -0.05) is 43.7 Å². The summed E-state index contributed by atoms with van der Waals surface area (Å²) in [5.74, 6) is 0.857. The van der Waals surface area contributed by atoms with E-state index in [4.69, 9.17) is 4.74 Å². The highest BCUT2D eigenvalue weighted by Crippen LogP contribution is 2.35. The van der Waals surface area contributed by atoms with Gasteiger partial charge in [-0.2, -0.15) is 0 Å². The molecule has 1 unspecified atom stereocenters. The Labute approximate surface area is 192 Å². The SMILES string of the molecule is CCCCN(CC(O)c1cc2c(c3ccccc13)CCCC2)c1ccc(OC)cc1.Cl. The van der Waals surface area contributed by atoms with Crippen LogP contribution in [0, 0.1) is 0 Å². The zero-order valence-electron chi connectivity index (χ0n) is 18.6. The molecule has 0 aromatic heterocycles. The van der Waals surface area contributed by atoms with Crippen molar-refractivity contribution in [3.8, 4) is 5.75 Å². The first-order valence-electron chi connectivity index (χ1n) is 11.3. The molecule has 0 fully saturated rings. The summed E-state index contributed by atoms with van der Waals surface area (Å²) in [6.07, 6.45) is 6.49. The second kappa shape index (κ2) is 10.9. The van der Waals surface area contributed by atoms with E-state index in [-0.39, 0.29) is 12.4 Å². The van der Waals surface area contributed by atoms with Crippen molar-refractivity contribution in [2.75, 3.05) is 25.1 Å². The number of halogens is 1. The summed E-state index contributed by atoms with van der Waals surface area (Å²) < 4.78 is 5.31. The first-order chi connectivity index (χ1) is 14.7.